The lowest BCUT2D eigenvalue weighted by atomic mass is 10.4. The molecule has 0 atom stereocenters. The van der Waals surface area contributed by atoms with Crippen molar-refractivity contribution in [3.63, 3.8) is 0 Å². The second kappa shape index (κ2) is 2.73. The van der Waals surface area contributed by atoms with E-state index < -0.39 is 0 Å². The maximum Gasteiger partial charge on any atom is 0.175 e. The molecule has 0 fully saturated rings. The van der Waals surface area contributed by atoms with Gasteiger partial charge in [0.05, 0.1) is 11.9 Å². The number of aryl methyl sites for hydroxylation is 1. The topological polar surface area (TPSA) is 43.6 Å². The zero-order valence-electron chi connectivity index (χ0n) is 6.60. The van der Waals surface area contributed by atoms with Crippen molar-refractivity contribution < 1.29 is 0 Å². The Kier molecular flexibility index (Phi) is 1.59. The highest BCUT2D eigenvalue weighted by atomic mass is 15.3. The molecule has 0 saturated heterocycles. The van der Waals surface area contributed by atoms with Crippen molar-refractivity contribution in [3.05, 3.63) is 36.3 Å². The Morgan fingerprint density at radius 2 is 2.25 bits per heavy atom. The molecule has 0 amide bonds. The van der Waals surface area contributed by atoms with E-state index in [1.54, 1.807) is 17.1 Å². The summed E-state index contributed by atoms with van der Waals surface area (Å²) in [5, 5.41) is 11.8. The van der Waals surface area contributed by atoms with Crippen LogP contribution < -0.4 is 0 Å². The average molecular weight is 159 g/mol. The van der Waals surface area contributed by atoms with Gasteiger partial charge in [0.1, 0.15) is 0 Å². The second-order valence-corrected chi connectivity index (χ2v) is 2.42. The molecule has 0 bridgehead atoms. The highest BCUT2D eigenvalue weighted by Gasteiger charge is 1.96. The first kappa shape index (κ1) is 6.97. The number of nitrogens with zero attached hydrogens (tertiary/aromatic N) is 4. The van der Waals surface area contributed by atoms with Gasteiger partial charge in [-0.1, -0.05) is 0 Å². The minimum absolute atomic E-state index is 0.710. The van der Waals surface area contributed by atoms with Crippen LogP contribution in [0.25, 0.3) is 5.82 Å². The van der Waals surface area contributed by atoms with Gasteiger partial charge >= 0.3 is 0 Å². The molecule has 0 aliphatic carbocycles. The summed E-state index contributed by atoms with van der Waals surface area (Å²) in [6.45, 7) is 1.89. The Balaban J connectivity index is 2.43. The smallest absolute Gasteiger partial charge is 0.175 e. The SMILES string of the molecule is Cc1ccc(-n2c[c]cn2)nn1. The minimum Gasteiger partial charge on any atom is -0.220 e. The summed E-state index contributed by atoms with van der Waals surface area (Å²) in [5.41, 5.74) is 0.898. The monoisotopic (exact) mass is 159 g/mol. The van der Waals surface area contributed by atoms with Crippen molar-refractivity contribution in [1.82, 2.24) is 20.0 Å². The van der Waals surface area contributed by atoms with Gasteiger partial charge in [0.2, 0.25) is 0 Å². The van der Waals surface area contributed by atoms with Gasteiger partial charge in [-0.25, -0.2) is 4.68 Å². The fourth-order valence-corrected chi connectivity index (χ4v) is 0.872. The number of hydrogen-bond acceptors (Lipinski definition) is 3. The Labute approximate surface area is 69.9 Å². The summed E-state index contributed by atoms with van der Waals surface area (Å²) >= 11 is 0. The second-order valence-electron chi connectivity index (χ2n) is 2.42. The first-order valence-corrected chi connectivity index (χ1v) is 3.58. The molecule has 2 aromatic rings. The zero-order valence-corrected chi connectivity index (χ0v) is 6.60. The summed E-state index contributed by atoms with van der Waals surface area (Å²) in [4.78, 5) is 0. The largest absolute Gasteiger partial charge is 0.220 e. The fraction of sp³-hybridized carbons (Fsp3) is 0.125. The van der Waals surface area contributed by atoms with E-state index in [-0.39, 0.29) is 0 Å². The summed E-state index contributed by atoms with van der Waals surface area (Å²) in [6, 6.07) is 6.58. The Morgan fingerprint density at radius 3 is 2.83 bits per heavy atom. The van der Waals surface area contributed by atoms with E-state index in [4.69, 9.17) is 0 Å². The summed E-state index contributed by atoms with van der Waals surface area (Å²) in [6.07, 6.45) is 3.29. The molecule has 0 aliphatic heterocycles. The molecule has 4 heteroatoms. The van der Waals surface area contributed by atoms with Crippen LogP contribution in [0.4, 0.5) is 0 Å². The Hall–Kier alpha value is -1.71. The zero-order chi connectivity index (χ0) is 8.39. The van der Waals surface area contributed by atoms with E-state index in [1.807, 2.05) is 19.1 Å². The normalized spacial score (nSPS) is 10.1. The van der Waals surface area contributed by atoms with Crippen LogP contribution in [0.3, 0.4) is 0 Å². The van der Waals surface area contributed by atoms with Gasteiger partial charge in [0.25, 0.3) is 0 Å². The molecule has 0 aromatic carbocycles. The molecule has 0 N–H and O–H groups in total. The van der Waals surface area contributed by atoms with Gasteiger partial charge in [0.15, 0.2) is 5.82 Å². The van der Waals surface area contributed by atoms with E-state index in [1.165, 1.54) is 0 Å². The van der Waals surface area contributed by atoms with Crippen LogP contribution in [0, 0.1) is 13.0 Å². The van der Waals surface area contributed by atoms with E-state index in [0.29, 0.717) is 5.82 Å². The van der Waals surface area contributed by atoms with Gasteiger partial charge in [0, 0.05) is 12.3 Å². The molecular weight excluding hydrogens is 152 g/mol. The third-order valence-electron chi connectivity index (χ3n) is 1.47. The highest BCUT2D eigenvalue weighted by Crippen LogP contribution is 1.99. The van der Waals surface area contributed by atoms with Crippen LogP contribution in [0.2, 0.25) is 0 Å². The molecule has 12 heavy (non-hydrogen) atoms. The van der Waals surface area contributed by atoms with Gasteiger partial charge in [-0.2, -0.15) is 10.2 Å². The third kappa shape index (κ3) is 1.18. The molecule has 0 unspecified atom stereocenters. The molecule has 2 heterocycles. The molecule has 0 spiro atoms. The quantitative estimate of drug-likeness (QED) is 0.617. The molecule has 59 valence electrons. The highest BCUT2D eigenvalue weighted by molar-refractivity contribution is 5.19. The number of rotatable bonds is 1. The molecule has 0 aliphatic rings. The summed E-state index contributed by atoms with van der Waals surface area (Å²) in [5.74, 6) is 0.710. The maximum atomic E-state index is 3.97. The number of hydrogen-bond donors (Lipinski definition) is 0. The third-order valence-corrected chi connectivity index (χ3v) is 1.47. The predicted octanol–water partition coefficient (Wildman–Crippen LogP) is 0.771. The van der Waals surface area contributed by atoms with Crippen molar-refractivity contribution in [3.8, 4) is 5.82 Å². The summed E-state index contributed by atoms with van der Waals surface area (Å²) < 4.78 is 1.62. The molecular formula is C8H7N4. The van der Waals surface area contributed by atoms with Crippen LogP contribution in [0.15, 0.2) is 24.5 Å². The molecule has 1 radical (unpaired) electrons. The van der Waals surface area contributed by atoms with E-state index in [0.717, 1.165) is 5.69 Å². The molecule has 0 saturated carbocycles. The first-order chi connectivity index (χ1) is 5.86. The van der Waals surface area contributed by atoms with Crippen molar-refractivity contribution in [2.24, 2.45) is 0 Å². The van der Waals surface area contributed by atoms with Crippen LogP contribution >= 0.6 is 0 Å². The Morgan fingerprint density at radius 1 is 1.33 bits per heavy atom. The Bertz CT molecular complexity index is 349. The molecule has 2 rings (SSSR count). The standard InChI is InChI=1S/C8H7N4/c1-7-3-4-8(11-10-7)12-6-2-5-9-12/h3-6H,1H3. The van der Waals surface area contributed by atoms with Crippen molar-refractivity contribution in [2.75, 3.05) is 0 Å². The minimum atomic E-state index is 0.710. The number of aromatic nitrogens is 4. The van der Waals surface area contributed by atoms with Gasteiger partial charge in [-0.3, -0.25) is 0 Å². The van der Waals surface area contributed by atoms with Crippen molar-refractivity contribution >= 4 is 0 Å². The lowest BCUT2D eigenvalue weighted by molar-refractivity contribution is 0.806. The van der Waals surface area contributed by atoms with Crippen LogP contribution in [0.5, 0.6) is 0 Å². The molecule has 4 nitrogen and oxygen atoms in total. The fourth-order valence-electron chi connectivity index (χ4n) is 0.872. The lowest BCUT2D eigenvalue weighted by Gasteiger charge is -1.97. The van der Waals surface area contributed by atoms with Crippen LogP contribution in [-0.2, 0) is 0 Å². The predicted molar refractivity (Wildman–Crippen MR) is 42.7 cm³/mol. The van der Waals surface area contributed by atoms with E-state index in [2.05, 4.69) is 21.4 Å². The van der Waals surface area contributed by atoms with Crippen molar-refractivity contribution in [1.29, 1.82) is 0 Å². The maximum absolute atomic E-state index is 3.97. The first-order valence-electron chi connectivity index (χ1n) is 3.58. The van der Waals surface area contributed by atoms with Crippen LogP contribution in [0.1, 0.15) is 5.69 Å². The van der Waals surface area contributed by atoms with Gasteiger partial charge in [-0.05, 0) is 19.1 Å². The van der Waals surface area contributed by atoms with Crippen LogP contribution in [-0.4, -0.2) is 20.0 Å². The van der Waals surface area contributed by atoms with Gasteiger partial charge in [-0.15, -0.1) is 5.10 Å². The molecule has 2 aromatic heterocycles. The average Bonchev–Trinajstić information content (AvgIpc) is 2.58. The van der Waals surface area contributed by atoms with E-state index in [9.17, 15) is 0 Å². The van der Waals surface area contributed by atoms with Crippen molar-refractivity contribution in [2.45, 2.75) is 6.92 Å². The van der Waals surface area contributed by atoms with Gasteiger partial charge < -0.3 is 0 Å². The lowest BCUT2D eigenvalue weighted by Crippen LogP contribution is -1.99. The van der Waals surface area contributed by atoms with E-state index >= 15 is 0 Å². The summed E-state index contributed by atoms with van der Waals surface area (Å²) in [7, 11) is 0.